The fourth-order valence-electron chi connectivity index (χ4n) is 2.59. The lowest BCUT2D eigenvalue weighted by Crippen LogP contribution is -2.35. The molecule has 1 aromatic carbocycles. The van der Waals surface area contributed by atoms with E-state index in [1.807, 2.05) is 6.07 Å². The van der Waals surface area contributed by atoms with Gasteiger partial charge in [-0.05, 0) is 43.9 Å². The Kier molecular flexibility index (Phi) is 5.61. The van der Waals surface area contributed by atoms with Crippen molar-refractivity contribution in [3.8, 4) is 0 Å². The van der Waals surface area contributed by atoms with E-state index in [1.54, 1.807) is 6.07 Å². The second-order valence-electron chi connectivity index (χ2n) is 5.06. The number of hydrogen-bond acceptors (Lipinski definition) is 2. The van der Waals surface area contributed by atoms with Gasteiger partial charge in [0.15, 0.2) is 0 Å². The van der Waals surface area contributed by atoms with E-state index in [2.05, 4.69) is 12.2 Å². The summed E-state index contributed by atoms with van der Waals surface area (Å²) >= 11 is 5.91. The number of rotatable bonds is 5. The van der Waals surface area contributed by atoms with Crippen molar-refractivity contribution in [3.05, 3.63) is 34.6 Å². The third-order valence-corrected chi connectivity index (χ3v) is 4.10. The lowest BCUT2D eigenvalue weighted by molar-refractivity contribution is 0.0114. The number of nitrogens with one attached hydrogen (secondary N) is 1. The fraction of sp³-hybridized carbons (Fsp3) is 0.600. The first kappa shape index (κ1) is 14.8. The first-order valence-corrected chi connectivity index (χ1v) is 7.36. The van der Waals surface area contributed by atoms with E-state index in [4.69, 9.17) is 16.3 Å². The van der Waals surface area contributed by atoms with Crippen molar-refractivity contribution in [2.75, 3.05) is 6.54 Å². The maximum Gasteiger partial charge on any atom is 0.142 e. The lowest BCUT2D eigenvalue weighted by atomic mass is 9.93. The molecule has 0 bridgehead atoms. The molecule has 19 heavy (non-hydrogen) atoms. The normalized spacial score (nSPS) is 23.5. The molecular weight excluding hydrogens is 265 g/mol. The summed E-state index contributed by atoms with van der Waals surface area (Å²) in [5, 5.41) is 3.65. The van der Waals surface area contributed by atoms with Crippen LogP contribution in [0.4, 0.5) is 4.39 Å². The molecule has 0 saturated heterocycles. The molecule has 0 aromatic heterocycles. The Morgan fingerprint density at radius 3 is 2.74 bits per heavy atom. The summed E-state index contributed by atoms with van der Waals surface area (Å²) in [4.78, 5) is 0. The second-order valence-corrected chi connectivity index (χ2v) is 5.43. The number of hydrogen-bond donors (Lipinski definition) is 1. The van der Waals surface area contributed by atoms with Crippen LogP contribution < -0.4 is 5.32 Å². The average molecular weight is 286 g/mol. The quantitative estimate of drug-likeness (QED) is 0.885. The third kappa shape index (κ3) is 4.16. The van der Waals surface area contributed by atoms with Gasteiger partial charge < -0.3 is 10.1 Å². The summed E-state index contributed by atoms with van der Waals surface area (Å²) in [6.45, 7) is 3.55. The highest BCUT2D eigenvalue weighted by atomic mass is 35.5. The summed E-state index contributed by atoms with van der Waals surface area (Å²) in [5.74, 6) is -0.376. The third-order valence-electron chi connectivity index (χ3n) is 3.67. The second kappa shape index (κ2) is 7.22. The van der Waals surface area contributed by atoms with Crippen molar-refractivity contribution in [2.45, 2.75) is 51.4 Å². The fourth-order valence-corrected chi connectivity index (χ4v) is 2.77. The Bertz CT molecular complexity index is 405. The summed E-state index contributed by atoms with van der Waals surface area (Å²) in [7, 11) is 0. The monoisotopic (exact) mass is 285 g/mol. The molecule has 1 aliphatic rings. The van der Waals surface area contributed by atoms with E-state index in [0.717, 1.165) is 37.8 Å². The van der Waals surface area contributed by atoms with Gasteiger partial charge in [-0.1, -0.05) is 30.7 Å². The molecule has 0 unspecified atom stereocenters. The minimum absolute atomic E-state index is 0.184. The zero-order chi connectivity index (χ0) is 13.7. The largest absolute Gasteiger partial charge is 0.373 e. The minimum atomic E-state index is -0.376. The van der Waals surface area contributed by atoms with Gasteiger partial charge in [0.1, 0.15) is 5.82 Å². The van der Waals surface area contributed by atoms with E-state index in [9.17, 15) is 4.39 Å². The van der Waals surface area contributed by atoms with E-state index in [-0.39, 0.29) is 16.9 Å². The van der Waals surface area contributed by atoms with Crippen molar-refractivity contribution in [1.82, 2.24) is 5.32 Å². The number of halogens is 2. The van der Waals surface area contributed by atoms with Crippen LogP contribution in [0.1, 0.15) is 38.2 Å². The summed E-state index contributed by atoms with van der Waals surface area (Å²) in [5.41, 5.74) is 0.732. The predicted molar refractivity (Wildman–Crippen MR) is 75.9 cm³/mol. The van der Waals surface area contributed by atoms with Crippen LogP contribution in [0.25, 0.3) is 0 Å². The van der Waals surface area contributed by atoms with E-state index >= 15 is 0 Å². The van der Waals surface area contributed by atoms with Gasteiger partial charge in [0.05, 0.1) is 17.7 Å². The van der Waals surface area contributed by atoms with Crippen LogP contribution in [0.3, 0.4) is 0 Å². The van der Waals surface area contributed by atoms with Gasteiger partial charge >= 0.3 is 0 Å². The molecule has 106 valence electrons. The van der Waals surface area contributed by atoms with E-state index < -0.39 is 0 Å². The average Bonchev–Trinajstić information content (AvgIpc) is 2.42. The molecule has 0 amide bonds. The Balaban J connectivity index is 1.79. The topological polar surface area (TPSA) is 21.3 Å². The van der Waals surface area contributed by atoms with Gasteiger partial charge in [0.25, 0.3) is 0 Å². The van der Waals surface area contributed by atoms with Gasteiger partial charge in [-0.3, -0.25) is 0 Å². The molecule has 0 heterocycles. The van der Waals surface area contributed by atoms with Gasteiger partial charge in [-0.2, -0.15) is 0 Å². The Morgan fingerprint density at radius 2 is 2.05 bits per heavy atom. The molecule has 1 aromatic rings. The zero-order valence-electron chi connectivity index (χ0n) is 11.3. The Hall–Kier alpha value is -0.640. The Morgan fingerprint density at radius 1 is 1.32 bits per heavy atom. The highest BCUT2D eigenvalue weighted by Crippen LogP contribution is 2.25. The van der Waals surface area contributed by atoms with Gasteiger partial charge in [0.2, 0.25) is 0 Å². The Labute approximate surface area is 119 Å². The molecule has 1 saturated carbocycles. The van der Waals surface area contributed by atoms with Gasteiger partial charge in [-0.25, -0.2) is 4.39 Å². The summed E-state index contributed by atoms with van der Waals surface area (Å²) < 4.78 is 19.1. The van der Waals surface area contributed by atoms with Crippen LogP contribution >= 0.6 is 11.6 Å². The molecule has 1 N–H and O–H groups in total. The van der Waals surface area contributed by atoms with Crippen molar-refractivity contribution >= 4 is 11.6 Å². The van der Waals surface area contributed by atoms with Crippen molar-refractivity contribution in [3.63, 3.8) is 0 Å². The number of benzene rings is 1. The highest BCUT2D eigenvalue weighted by Gasteiger charge is 2.21. The van der Waals surface area contributed by atoms with Crippen LogP contribution in [-0.2, 0) is 11.3 Å². The molecule has 1 fully saturated rings. The van der Waals surface area contributed by atoms with Crippen LogP contribution in [0.15, 0.2) is 18.2 Å². The first-order chi connectivity index (χ1) is 9.20. The lowest BCUT2D eigenvalue weighted by Gasteiger charge is -2.29. The summed E-state index contributed by atoms with van der Waals surface area (Å²) in [6, 6.07) is 5.48. The smallest absolute Gasteiger partial charge is 0.142 e. The van der Waals surface area contributed by atoms with Crippen LogP contribution in [0.5, 0.6) is 0 Å². The maximum atomic E-state index is 13.3. The molecule has 1 aliphatic carbocycles. The van der Waals surface area contributed by atoms with Gasteiger partial charge in [-0.15, -0.1) is 0 Å². The predicted octanol–water partition coefficient (Wildman–Crippen LogP) is 3.92. The molecule has 0 aliphatic heterocycles. The molecule has 0 atom stereocenters. The van der Waals surface area contributed by atoms with Crippen molar-refractivity contribution < 1.29 is 9.13 Å². The van der Waals surface area contributed by atoms with E-state index in [0.29, 0.717) is 12.6 Å². The van der Waals surface area contributed by atoms with Crippen molar-refractivity contribution in [2.24, 2.45) is 0 Å². The molecule has 2 rings (SSSR count). The summed E-state index contributed by atoms with van der Waals surface area (Å²) in [6.07, 6.45) is 4.69. The molecule has 4 heteroatoms. The zero-order valence-corrected chi connectivity index (χ0v) is 12.0. The SMILES string of the molecule is CCNC1CCC(OCc2cccc(F)c2Cl)CC1. The van der Waals surface area contributed by atoms with Crippen LogP contribution in [-0.4, -0.2) is 18.7 Å². The van der Waals surface area contributed by atoms with E-state index in [1.165, 1.54) is 6.07 Å². The van der Waals surface area contributed by atoms with Crippen molar-refractivity contribution in [1.29, 1.82) is 0 Å². The standard InChI is InChI=1S/C15H21ClFNO/c1-2-18-12-6-8-13(9-7-12)19-10-11-4-3-5-14(17)15(11)16/h3-5,12-13,18H,2,6-10H2,1H3. The molecule has 2 nitrogen and oxygen atoms in total. The molecule has 0 spiro atoms. The van der Waals surface area contributed by atoms with Crippen LogP contribution in [0.2, 0.25) is 5.02 Å². The molecular formula is C15H21ClFNO. The van der Waals surface area contributed by atoms with Gasteiger partial charge in [0, 0.05) is 6.04 Å². The highest BCUT2D eigenvalue weighted by molar-refractivity contribution is 6.31. The van der Waals surface area contributed by atoms with Crippen LogP contribution in [0, 0.1) is 5.82 Å². The molecule has 0 radical (unpaired) electrons. The number of ether oxygens (including phenoxy) is 1. The first-order valence-electron chi connectivity index (χ1n) is 6.98. The minimum Gasteiger partial charge on any atom is -0.373 e. The maximum absolute atomic E-state index is 13.3.